The van der Waals surface area contributed by atoms with E-state index in [2.05, 4.69) is 63.0 Å². The molecule has 1 aromatic carbocycles. The lowest BCUT2D eigenvalue weighted by Gasteiger charge is -2.72. The molecule has 0 radical (unpaired) electrons. The minimum Gasteiger partial charge on any atom is -0.481 e. The van der Waals surface area contributed by atoms with Crippen LogP contribution in [0, 0.1) is 56.2 Å². The molecule has 0 unspecified atom stereocenters. The Morgan fingerprint density at radius 3 is 2.13 bits per heavy atom. The number of halogens is 3. The molecule has 2 N–H and O–H groups in total. The third-order valence-electron chi connectivity index (χ3n) is 17.4. The number of carboxylic acids is 1. The molecule has 0 saturated heterocycles. The molecule has 5 aliphatic carbocycles. The highest BCUT2D eigenvalue weighted by Gasteiger charge is 2.71. The van der Waals surface area contributed by atoms with E-state index in [0.29, 0.717) is 44.3 Å². The summed E-state index contributed by atoms with van der Waals surface area (Å²) in [6.07, 6.45) is 1.45. The van der Waals surface area contributed by atoms with Crippen molar-refractivity contribution in [1.82, 2.24) is 9.80 Å². The first-order chi connectivity index (χ1) is 28.1. The van der Waals surface area contributed by atoms with Gasteiger partial charge in [0.2, 0.25) is 0 Å². The molecule has 4 fully saturated rings. The Hall–Kier alpha value is -2.96. The molecule has 0 bridgehead atoms. The number of hydrogen-bond acceptors (Lipinski definition) is 8. The van der Waals surface area contributed by atoms with Gasteiger partial charge >= 0.3 is 18.3 Å². The highest BCUT2D eigenvalue weighted by Crippen LogP contribution is 2.77. The van der Waals surface area contributed by atoms with Crippen molar-refractivity contribution in [3.05, 3.63) is 41.0 Å². The molecule has 6 rings (SSSR count). The number of carbonyl (C=O) groups is 3. The van der Waals surface area contributed by atoms with Crippen molar-refractivity contribution in [3.63, 3.8) is 0 Å². The van der Waals surface area contributed by atoms with Crippen LogP contribution in [0.3, 0.4) is 0 Å². The number of Topliss-reactive ketones (excluding diaryl/α,β-unsaturated/α-hetero) is 1. The van der Waals surface area contributed by atoms with E-state index in [1.807, 2.05) is 14.1 Å². The first-order valence-electron chi connectivity index (χ1n) is 22.7. The number of aliphatic hydroxyl groups excluding tert-OH is 1. The van der Waals surface area contributed by atoms with Gasteiger partial charge in [-0.2, -0.15) is 0 Å². The van der Waals surface area contributed by atoms with Crippen LogP contribution in [0.25, 0.3) is 0 Å². The van der Waals surface area contributed by atoms with E-state index < -0.39 is 35.2 Å². The number of allylic oxidation sites excluding steroid dienone is 1. The topological polar surface area (TPSA) is 117 Å². The monoisotopic (exact) mass is 859 g/mol. The normalized spacial score (nSPS) is 34.2. The van der Waals surface area contributed by atoms with Crippen LogP contribution >= 0.6 is 0 Å². The zero-order valence-electron chi connectivity index (χ0n) is 38.6. The van der Waals surface area contributed by atoms with Crippen LogP contribution in [0.4, 0.5) is 13.2 Å². The number of carbonyl (C=O) groups excluding carboxylic acids is 2. The molecule has 0 aliphatic heterocycles. The Balaban J connectivity index is 1.27. The molecule has 9 atom stereocenters. The van der Waals surface area contributed by atoms with E-state index in [4.69, 9.17) is 4.74 Å². The Morgan fingerprint density at radius 1 is 0.885 bits per heavy atom. The van der Waals surface area contributed by atoms with Crippen LogP contribution in [0.5, 0.6) is 5.75 Å². The molecule has 0 spiro atoms. The van der Waals surface area contributed by atoms with Crippen molar-refractivity contribution in [2.75, 3.05) is 33.7 Å². The fraction of sp³-hybridized carbons (Fsp3) is 0.776. The molecule has 342 valence electrons. The van der Waals surface area contributed by atoms with E-state index in [1.165, 1.54) is 17.7 Å². The minimum absolute atomic E-state index is 0.00740. The first kappa shape index (κ1) is 47.5. The quantitative estimate of drug-likeness (QED) is 0.177. The van der Waals surface area contributed by atoms with Gasteiger partial charge in [-0.15, -0.1) is 13.2 Å². The Morgan fingerprint density at radius 2 is 1.54 bits per heavy atom. The first-order valence-corrected chi connectivity index (χ1v) is 22.7. The van der Waals surface area contributed by atoms with Gasteiger partial charge in [-0.25, -0.2) is 0 Å². The summed E-state index contributed by atoms with van der Waals surface area (Å²) in [6.45, 7) is 21.4. The molecular weight excluding hydrogens is 786 g/mol. The van der Waals surface area contributed by atoms with E-state index in [9.17, 15) is 37.8 Å². The molecule has 5 aliphatic rings. The number of likely N-dealkylation sites (N-methyl/N-ethyl adjacent to an activating group) is 1. The molecular formula is C49H73F3N2O7. The lowest BCUT2D eigenvalue weighted by molar-refractivity contribution is -0.274. The highest BCUT2D eigenvalue weighted by atomic mass is 19.4. The average molecular weight is 859 g/mol. The van der Waals surface area contributed by atoms with Crippen molar-refractivity contribution in [2.45, 2.75) is 152 Å². The van der Waals surface area contributed by atoms with Crippen molar-refractivity contribution >= 4 is 17.7 Å². The van der Waals surface area contributed by atoms with E-state index in [0.717, 1.165) is 62.6 Å². The molecule has 12 heteroatoms. The minimum atomic E-state index is -4.77. The number of aliphatic carboxylic acids is 1. The van der Waals surface area contributed by atoms with Gasteiger partial charge in [-0.3, -0.25) is 19.3 Å². The summed E-state index contributed by atoms with van der Waals surface area (Å²) in [6, 6.07) is 5.93. The number of carboxylic acid groups (broad SMARTS) is 1. The van der Waals surface area contributed by atoms with Crippen molar-refractivity contribution in [2.24, 2.45) is 56.2 Å². The number of ketones is 1. The van der Waals surface area contributed by atoms with Crippen LogP contribution in [0.15, 0.2) is 35.4 Å². The number of alkyl halides is 3. The summed E-state index contributed by atoms with van der Waals surface area (Å²) in [4.78, 5) is 43.6. The molecule has 0 amide bonds. The average Bonchev–Trinajstić information content (AvgIpc) is 3.45. The van der Waals surface area contributed by atoms with E-state index >= 15 is 0 Å². The van der Waals surface area contributed by atoms with Gasteiger partial charge in [0.1, 0.15) is 11.9 Å². The van der Waals surface area contributed by atoms with Gasteiger partial charge in [0.25, 0.3) is 0 Å². The number of aliphatic hydroxyl groups is 1. The zero-order chi connectivity index (χ0) is 45.3. The summed E-state index contributed by atoms with van der Waals surface area (Å²) in [5.41, 5.74) is 0.558. The second-order valence-corrected chi connectivity index (χ2v) is 22.3. The maximum absolute atomic E-state index is 14.3. The number of ether oxygens (including phenoxy) is 2. The molecule has 9 nitrogen and oxygen atoms in total. The summed E-state index contributed by atoms with van der Waals surface area (Å²) in [7, 11) is 3.98. The largest absolute Gasteiger partial charge is 0.573 e. The van der Waals surface area contributed by atoms with E-state index in [-0.39, 0.29) is 57.6 Å². The molecule has 61 heavy (non-hydrogen) atoms. The predicted octanol–water partition coefficient (Wildman–Crippen LogP) is 9.70. The molecule has 0 heterocycles. The van der Waals surface area contributed by atoms with Crippen molar-refractivity contribution < 1.29 is 47.2 Å². The van der Waals surface area contributed by atoms with Crippen LogP contribution in [0.1, 0.15) is 132 Å². The van der Waals surface area contributed by atoms with Gasteiger partial charge < -0.3 is 24.6 Å². The van der Waals surface area contributed by atoms with Crippen molar-refractivity contribution in [3.8, 4) is 5.75 Å². The molecule has 0 aromatic heterocycles. The maximum atomic E-state index is 14.3. The van der Waals surface area contributed by atoms with Gasteiger partial charge in [0, 0.05) is 43.4 Å². The standard InChI is InChI=1S/C49H73F3N2O7/c1-30(2)40-34(55)26-48(37(56)29-54(25-24-53(10)11)28-31-12-14-32(15-13-31)61-49(50,51)52)23-22-46(8)33(41(40)48)16-17-36-45(7)20-19-38(60-39(57)27-43(3,4)42(58)59)44(5,6)35(45)18-21-47(36,46)9/h12-15,30,33,35-38,56H,16-29H2,1-11H3,(H,58,59)/t33-,35+,36-,37+,38+,45+,46-,47-,48+/m1/s1. The summed E-state index contributed by atoms with van der Waals surface area (Å²) in [5, 5.41) is 22.3. The van der Waals surface area contributed by atoms with E-state index in [1.54, 1.807) is 26.0 Å². The molecule has 1 aromatic rings. The zero-order valence-corrected chi connectivity index (χ0v) is 38.6. The number of hydrogen-bond donors (Lipinski definition) is 2. The third kappa shape index (κ3) is 8.56. The molecule has 4 saturated carbocycles. The number of fused-ring (bicyclic) bond motifs is 7. The second kappa shape index (κ2) is 16.5. The third-order valence-corrected chi connectivity index (χ3v) is 17.4. The van der Waals surface area contributed by atoms with Crippen LogP contribution in [-0.2, 0) is 25.7 Å². The number of benzene rings is 1. The van der Waals surface area contributed by atoms with Gasteiger partial charge in [-0.1, -0.05) is 66.2 Å². The fourth-order valence-electron chi connectivity index (χ4n) is 14.0. The Labute approximate surface area is 362 Å². The number of esters is 1. The number of nitrogens with zero attached hydrogens (tertiary/aromatic N) is 2. The Kier molecular flexibility index (Phi) is 12.9. The van der Waals surface area contributed by atoms with Crippen molar-refractivity contribution in [1.29, 1.82) is 0 Å². The Bertz CT molecular complexity index is 1860. The fourth-order valence-corrected chi connectivity index (χ4v) is 14.0. The van der Waals surface area contributed by atoms with Crippen LogP contribution in [0.2, 0.25) is 0 Å². The van der Waals surface area contributed by atoms with Crippen LogP contribution in [-0.4, -0.2) is 90.0 Å². The predicted molar refractivity (Wildman–Crippen MR) is 228 cm³/mol. The van der Waals surface area contributed by atoms with Gasteiger partial charge in [0.05, 0.1) is 17.9 Å². The smallest absolute Gasteiger partial charge is 0.481 e. The van der Waals surface area contributed by atoms with Crippen LogP contribution < -0.4 is 4.74 Å². The van der Waals surface area contributed by atoms with Gasteiger partial charge in [-0.05, 0) is 142 Å². The summed E-state index contributed by atoms with van der Waals surface area (Å²) in [5.74, 6) is -0.724. The SMILES string of the molecule is CC(C)C1=C2[C@H]3CC[C@@H]4[C@@]5(C)CC[C@H](OC(=O)CC(C)(C)C(=O)O)C(C)(C)[C@@H]5CC[C@@]4(C)[C@]3(C)CC[C@@]2([C@@H](O)CN(CCN(C)C)Cc2ccc(OC(F)(F)F)cc2)CC1=O. The maximum Gasteiger partial charge on any atom is 0.573 e. The lowest BCUT2D eigenvalue weighted by Crippen LogP contribution is -2.66. The lowest BCUT2D eigenvalue weighted by atomic mass is 9.33. The summed E-state index contributed by atoms with van der Waals surface area (Å²) >= 11 is 0. The highest BCUT2D eigenvalue weighted by molar-refractivity contribution is 6.00. The second-order valence-electron chi connectivity index (χ2n) is 22.3. The summed E-state index contributed by atoms with van der Waals surface area (Å²) < 4.78 is 48.9. The number of rotatable bonds is 14. The van der Waals surface area contributed by atoms with Gasteiger partial charge in [0.15, 0.2) is 5.78 Å².